The summed E-state index contributed by atoms with van der Waals surface area (Å²) < 4.78 is 38.3. The van der Waals surface area contributed by atoms with Crippen LogP contribution < -0.4 is 5.32 Å². The first-order valence-corrected chi connectivity index (χ1v) is 6.16. The van der Waals surface area contributed by atoms with Gasteiger partial charge in [-0.2, -0.15) is 13.2 Å². The molecule has 0 amide bonds. The van der Waals surface area contributed by atoms with Crippen LogP contribution in [0.4, 0.5) is 13.2 Å². The van der Waals surface area contributed by atoms with Gasteiger partial charge in [-0.1, -0.05) is 22.0 Å². The maximum Gasteiger partial charge on any atom is 0.417 e. The van der Waals surface area contributed by atoms with E-state index in [1.807, 2.05) is 0 Å². The normalized spacial score (nSPS) is 13.1. The van der Waals surface area contributed by atoms with E-state index >= 15 is 0 Å². The molecule has 1 atom stereocenters. The van der Waals surface area contributed by atoms with Crippen molar-refractivity contribution in [2.45, 2.75) is 25.1 Å². The standard InChI is InChI=1S/C13H13BrF3N/c1-3-4-5-12(18-2)9-6-7-11(14)10(8-9)13(15,16)17/h1,6-8,12,18H,4-5H2,2H3. The fourth-order valence-corrected chi connectivity index (χ4v) is 2.15. The van der Waals surface area contributed by atoms with E-state index in [1.54, 1.807) is 13.1 Å². The number of hydrogen-bond donors (Lipinski definition) is 1. The third-order valence-electron chi connectivity index (χ3n) is 2.62. The van der Waals surface area contributed by atoms with Gasteiger partial charge in [0.1, 0.15) is 0 Å². The minimum Gasteiger partial charge on any atom is -0.313 e. The molecule has 0 heterocycles. The van der Waals surface area contributed by atoms with E-state index in [0.717, 1.165) is 6.07 Å². The second-order valence-corrected chi connectivity index (χ2v) is 4.68. The van der Waals surface area contributed by atoms with Crippen LogP contribution in [0.25, 0.3) is 0 Å². The average molecular weight is 320 g/mol. The highest BCUT2D eigenvalue weighted by Crippen LogP contribution is 2.36. The lowest BCUT2D eigenvalue weighted by atomic mass is 10.00. The first kappa shape index (κ1) is 15.1. The van der Waals surface area contributed by atoms with E-state index in [-0.39, 0.29) is 10.5 Å². The van der Waals surface area contributed by atoms with Crippen LogP contribution >= 0.6 is 15.9 Å². The third kappa shape index (κ3) is 3.76. The largest absolute Gasteiger partial charge is 0.417 e. The van der Waals surface area contributed by atoms with Crippen molar-refractivity contribution >= 4 is 15.9 Å². The van der Waals surface area contributed by atoms with E-state index in [9.17, 15) is 13.2 Å². The Kier molecular flexibility index (Phi) is 5.24. The zero-order valence-electron chi connectivity index (χ0n) is 9.81. The lowest BCUT2D eigenvalue weighted by Gasteiger charge is -2.18. The van der Waals surface area contributed by atoms with Gasteiger partial charge < -0.3 is 5.32 Å². The van der Waals surface area contributed by atoms with Crippen molar-refractivity contribution in [3.05, 3.63) is 33.8 Å². The Bertz CT molecular complexity index is 449. The molecule has 0 aliphatic heterocycles. The zero-order chi connectivity index (χ0) is 13.8. The number of halogens is 4. The summed E-state index contributed by atoms with van der Waals surface area (Å²) in [5.74, 6) is 2.49. The quantitative estimate of drug-likeness (QED) is 0.822. The number of nitrogens with one attached hydrogen (secondary N) is 1. The predicted octanol–water partition coefficient (Wildman–Crippen LogP) is 4.14. The van der Waals surface area contributed by atoms with E-state index < -0.39 is 11.7 Å². The fraction of sp³-hybridized carbons (Fsp3) is 0.385. The van der Waals surface area contributed by atoms with Crippen LogP contribution in [0.1, 0.15) is 30.0 Å². The van der Waals surface area contributed by atoms with Crippen LogP contribution in [-0.2, 0) is 6.18 Å². The molecule has 0 fully saturated rings. The van der Waals surface area contributed by atoms with Crippen molar-refractivity contribution in [3.63, 3.8) is 0 Å². The lowest BCUT2D eigenvalue weighted by Crippen LogP contribution is -2.17. The van der Waals surface area contributed by atoms with Gasteiger partial charge >= 0.3 is 6.18 Å². The van der Waals surface area contributed by atoms with E-state index in [2.05, 4.69) is 27.2 Å². The number of benzene rings is 1. The molecule has 0 bridgehead atoms. The first-order chi connectivity index (χ1) is 8.40. The molecule has 0 saturated carbocycles. The second-order valence-electron chi connectivity index (χ2n) is 3.82. The zero-order valence-corrected chi connectivity index (χ0v) is 11.4. The summed E-state index contributed by atoms with van der Waals surface area (Å²) in [5.41, 5.74) is -0.0794. The van der Waals surface area contributed by atoms with Crippen molar-refractivity contribution in [2.75, 3.05) is 7.05 Å². The molecule has 0 aliphatic carbocycles. The van der Waals surface area contributed by atoms with Gasteiger partial charge in [-0.3, -0.25) is 0 Å². The van der Waals surface area contributed by atoms with Gasteiger partial charge in [0, 0.05) is 16.9 Å². The summed E-state index contributed by atoms with van der Waals surface area (Å²) in [4.78, 5) is 0. The fourth-order valence-electron chi connectivity index (χ4n) is 1.68. The van der Waals surface area contributed by atoms with Gasteiger partial charge in [0.15, 0.2) is 0 Å². The Labute approximate surface area is 113 Å². The Hall–Kier alpha value is -0.990. The molecule has 1 rings (SSSR count). The Morgan fingerprint density at radius 2 is 2.11 bits per heavy atom. The van der Waals surface area contributed by atoms with E-state index in [4.69, 9.17) is 6.42 Å². The highest BCUT2D eigenvalue weighted by molar-refractivity contribution is 9.10. The van der Waals surface area contributed by atoms with Gasteiger partial charge in [0.05, 0.1) is 5.56 Å². The molecule has 0 aromatic heterocycles. The third-order valence-corrected chi connectivity index (χ3v) is 3.32. The Morgan fingerprint density at radius 1 is 1.44 bits per heavy atom. The van der Waals surface area contributed by atoms with Crippen LogP contribution in [0.2, 0.25) is 0 Å². The van der Waals surface area contributed by atoms with Crippen LogP contribution in [0, 0.1) is 12.3 Å². The predicted molar refractivity (Wildman–Crippen MR) is 69.0 cm³/mol. The highest BCUT2D eigenvalue weighted by Gasteiger charge is 2.33. The summed E-state index contributed by atoms with van der Waals surface area (Å²) >= 11 is 2.92. The average Bonchev–Trinajstić information content (AvgIpc) is 2.30. The molecular formula is C13H13BrF3N. The number of rotatable bonds is 4. The number of hydrogen-bond acceptors (Lipinski definition) is 1. The van der Waals surface area contributed by atoms with Crippen LogP contribution in [-0.4, -0.2) is 7.05 Å². The Balaban J connectivity index is 3.07. The van der Waals surface area contributed by atoms with Crippen molar-refractivity contribution < 1.29 is 13.2 Å². The summed E-state index contributed by atoms with van der Waals surface area (Å²) in [6.45, 7) is 0. The molecule has 1 aromatic rings. The summed E-state index contributed by atoms with van der Waals surface area (Å²) in [6, 6.07) is 4.06. The summed E-state index contributed by atoms with van der Waals surface area (Å²) in [5, 5.41) is 2.97. The number of terminal acetylenes is 1. The van der Waals surface area contributed by atoms with Gasteiger partial charge in [-0.15, -0.1) is 12.3 Å². The van der Waals surface area contributed by atoms with Crippen LogP contribution in [0.3, 0.4) is 0 Å². The van der Waals surface area contributed by atoms with Gasteiger partial charge in [-0.05, 0) is 31.2 Å². The number of alkyl halides is 3. The minimum atomic E-state index is -4.36. The SMILES string of the molecule is C#CCCC(NC)c1ccc(Br)c(C(F)(F)F)c1. The van der Waals surface area contributed by atoms with E-state index in [1.165, 1.54) is 6.07 Å². The second kappa shape index (κ2) is 6.26. The van der Waals surface area contributed by atoms with Crippen molar-refractivity contribution in [2.24, 2.45) is 0 Å². The molecule has 1 unspecified atom stereocenters. The lowest BCUT2D eigenvalue weighted by molar-refractivity contribution is -0.138. The summed E-state index contributed by atoms with van der Waals surface area (Å²) in [6.07, 6.45) is 1.93. The first-order valence-electron chi connectivity index (χ1n) is 5.37. The maximum absolute atomic E-state index is 12.8. The van der Waals surface area contributed by atoms with Crippen LogP contribution in [0.5, 0.6) is 0 Å². The van der Waals surface area contributed by atoms with Gasteiger partial charge in [0.2, 0.25) is 0 Å². The molecule has 5 heteroatoms. The molecule has 0 spiro atoms. The van der Waals surface area contributed by atoms with Crippen LogP contribution in [0.15, 0.2) is 22.7 Å². The Morgan fingerprint density at radius 3 is 2.61 bits per heavy atom. The minimum absolute atomic E-state index is 0.0468. The monoisotopic (exact) mass is 319 g/mol. The van der Waals surface area contributed by atoms with Crippen molar-refractivity contribution in [1.29, 1.82) is 0 Å². The molecular weight excluding hydrogens is 307 g/mol. The molecule has 0 radical (unpaired) electrons. The molecule has 98 valence electrons. The van der Waals surface area contributed by atoms with Gasteiger partial charge in [-0.25, -0.2) is 0 Å². The van der Waals surface area contributed by atoms with Crippen molar-refractivity contribution in [1.82, 2.24) is 5.32 Å². The molecule has 1 aromatic carbocycles. The summed E-state index contributed by atoms with van der Waals surface area (Å²) in [7, 11) is 1.70. The maximum atomic E-state index is 12.8. The topological polar surface area (TPSA) is 12.0 Å². The van der Waals surface area contributed by atoms with Gasteiger partial charge in [0.25, 0.3) is 0 Å². The molecule has 1 N–H and O–H groups in total. The molecule has 0 saturated heterocycles. The molecule has 1 nitrogen and oxygen atoms in total. The van der Waals surface area contributed by atoms with Crippen molar-refractivity contribution in [3.8, 4) is 12.3 Å². The van der Waals surface area contributed by atoms with E-state index in [0.29, 0.717) is 18.4 Å². The molecule has 18 heavy (non-hydrogen) atoms. The highest BCUT2D eigenvalue weighted by atomic mass is 79.9. The smallest absolute Gasteiger partial charge is 0.313 e. The molecule has 0 aliphatic rings.